The highest BCUT2D eigenvalue weighted by Gasteiger charge is 2.29. The number of carbonyl (C=O) groups is 1. The molecule has 2 aliphatic rings. The van der Waals surface area contributed by atoms with E-state index in [1.165, 1.54) is 11.2 Å². The smallest absolute Gasteiger partial charge is 0.407 e. The van der Waals surface area contributed by atoms with Crippen LogP contribution in [0, 0.1) is 0 Å². The molecule has 5 heterocycles. The lowest BCUT2D eigenvalue weighted by molar-refractivity contribution is 0.122. The van der Waals surface area contributed by atoms with Gasteiger partial charge in [0.15, 0.2) is 11.2 Å². The molecule has 1 N–H and O–H groups in total. The molecule has 0 unspecified atom stereocenters. The van der Waals surface area contributed by atoms with Crippen molar-refractivity contribution in [2.24, 2.45) is 7.05 Å². The molecular weight excluding hydrogens is 402 g/mol. The van der Waals surface area contributed by atoms with E-state index in [1.54, 1.807) is 0 Å². The van der Waals surface area contributed by atoms with Crippen LogP contribution in [0.3, 0.4) is 0 Å². The van der Waals surface area contributed by atoms with Crippen molar-refractivity contribution in [1.29, 1.82) is 0 Å². The summed E-state index contributed by atoms with van der Waals surface area (Å²) in [5, 5.41) is 9.15. The average Bonchev–Trinajstić information content (AvgIpc) is 3.40. The number of pyridine rings is 1. The van der Waals surface area contributed by atoms with Gasteiger partial charge < -0.3 is 28.9 Å². The largest absolute Gasteiger partial charge is 0.471 e. The molecule has 11 nitrogen and oxygen atoms in total. The van der Waals surface area contributed by atoms with E-state index >= 15 is 0 Å². The molecule has 3 aromatic heterocycles. The van der Waals surface area contributed by atoms with Crippen LogP contribution in [0.4, 0.5) is 10.6 Å². The zero-order valence-corrected chi connectivity index (χ0v) is 17.1. The number of ether oxygens (including phenoxy) is 2. The van der Waals surface area contributed by atoms with Crippen molar-refractivity contribution in [3.63, 3.8) is 0 Å². The van der Waals surface area contributed by atoms with Gasteiger partial charge in [0.05, 0.1) is 19.8 Å². The summed E-state index contributed by atoms with van der Waals surface area (Å²) in [5.74, 6) is 1.99. The Labute approximate surface area is 178 Å². The molecule has 1 amide bonds. The molecule has 0 radical (unpaired) electrons. The lowest BCUT2D eigenvalue weighted by Gasteiger charge is -2.27. The van der Waals surface area contributed by atoms with Crippen LogP contribution in [0.5, 0.6) is 5.88 Å². The quantitative estimate of drug-likeness (QED) is 0.661. The molecule has 3 aromatic rings. The summed E-state index contributed by atoms with van der Waals surface area (Å²) in [6, 6.07) is 3.98. The predicted molar refractivity (Wildman–Crippen MR) is 111 cm³/mol. The van der Waals surface area contributed by atoms with Crippen LogP contribution in [-0.4, -0.2) is 86.1 Å². The molecule has 1 atom stereocenters. The van der Waals surface area contributed by atoms with Gasteiger partial charge >= 0.3 is 6.09 Å². The summed E-state index contributed by atoms with van der Waals surface area (Å²) >= 11 is 0. The van der Waals surface area contributed by atoms with Crippen LogP contribution in [0.2, 0.25) is 0 Å². The number of aryl methyl sites for hydroxylation is 1. The molecule has 0 aromatic carbocycles. The van der Waals surface area contributed by atoms with Gasteiger partial charge in [-0.3, -0.25) is 0 Å². The zero-order chi connectivity index (χ0) is 21.4. The van der Waals surface area contributed by atoms with Crippen molar-refractivity contribution < 1.29 is 19.4 Å². The van der Waals surface area contributed by atoms with Gasteiger partial charge in [-0.05, 0) is 12.1 Å². The first-order chi connectivity index (χ1) is 15.1. The average molecular weight is 425 g/mol. The van der Waals surface area contributed by atoms with Gasteiger partial charge in [0.2, 0.25) is 5.88 Å². The van der Waals surface area contributed by atoms with Gasteiger partial charge in [-0.15, -0.1) is 0 Å². The summed E-state index contributed by atoms with van der Waals surface area (Å²) in [4.78, 5) is 32.6. The highest BCUT2D eigenvalue weighted by Crippen LogP contribution is 2.29. The van der Waals surface area contributed by atoms with Crippen LogP contribution < -0.4 is 9.64 Å². The van der Waals surface area contributed by atoms with E-state index in [4.69, 9.17) is 19.6 Å². The summed E-state index contributed by atoms with van der Waals surface area (Å²) < 4.78 is 13.3. The first kappa shape index (κ1) is 19.5. The lowest BCUT2D eigenvalue weighted by atomic mass is 10.2. The fraction of sp³-hybridized carbons (Fsp3) is 0.450. The molecule has 0 saturated carbocycles. The molecule has 31 heavy (non-hydrogen) atoms. The molecule has 0 aliphatic carbocycles. The number of rotatable bonds is 4. The van der Waals surface area contributed by atoms with E-state index < -0.39 is 6.09 Å². The van der Waals surface area contributed by atoms with Crippen molar-refractivity contribution in [3.8, 4) is 17.3 Å². The first-order valence-electron chi connectivity index (χ1n) is 10.2. The Bertz CT molecular complexity index is 1090. The van der Waals surface area contributed by atoms with Crippen LogP contribution in [0.1, 0.15) is 6.42 Å². The third kappa shape index (κ3) is 3.72. The zero-order valence-electron chi connectivity index (χ0n) is 17.1. The number of amides is 1. The number of anilines is 1. The van der Waals surface area contributed by atoms with E-state index in [9.17, 15) is 4.79 Å². The van der Waals surface area contributed by atoms with Crippen molar-refractivity contribution in [3.05, 3.63) is 24.7 Å². The summed E-state index contributed by atoms with van der Waals surface area (Å²) in [5.41, 5.74) is 2.05. The highest BCUT2D eigenvalue weighted by atomic mass is 16.5. The second-order valence-electron chi connectivity index (χ2n) is 7.61. The lowest BCUT2D eigenvalue weighted by Crippen LogP contribution is -2.36. The van der Waals surface area contributed by atoms with Gasteiger partial charge in [-0.2, -0.15) is 4.98 Å². The Kier molecular flexibility index (Phi) is 5.02. The second-order valence-corrected chi connectivity index (χ2v) is 7.61. The van der Waals surface area contributed by atoms with Crippen molar-refractivity contribution in [1.82, 2.24) is 29.4 Å². The molecular formula is C20H23N7O4. The molecule has 2 fully saturated rings. The second kappa shape index (κ2) is 7.99. The molecule has 2 saturated heterocycles. The summed E-state index contributed by atoms with van der Waals surface area (Å²) in [6.45, 7) is 3.84. The Morgan fingerprint density at radius 1 is 1.19 bits per heavy atom. The molecule has 2 aliphatic heterocycles. The standard InChI is InChI=1S/C20H23N7O4/c1-25-17(13-2-3-15(21-10-13)26-6-8-30-9-7-26)24-16-18(25)22-12-23-19(16)31-14-4-5-27(11-14)20(28)29/h2-3,10,12,14H,4-9,11H2,1H3,(H,28,29)/t14-/m0/s1. The van der Waals surface area contributed by atoms with E-state index in [0.29, 0.717) is 55.6 Å². The molecule has 162 valence electrons. The molecule has 11 heteroatoms. The third-order valence-electron chi connectivity index (χ3n) is 5.66. The number of hydrogen-bond donors (Lipinski definition) is 1. The fourth-order valence-corrected chi connectivity index (χ4v) is 3.98. The van der Waals surface area contributed by atoms with Crippen LogP contribution in [-0.2, 0) is 11.8 Å². The number of likely N-dealkylation sites (tertiary alicyclic amines) is 1. The Hall–Kier alpha value is -3.47. The Morgan fingerprint density at radius 3 is 2.74 bits per heavy atom. The van der Waals surface area contributed by atoms with Crippen molar-refractivity contribution in [2.75, 3.05) is 44.3 Å². The summed E-state index contributed by atoms with van der Waals surface area (Å²) in [6.07, 6.45) is 2.67. The number of nitrogens with zero attached hydrogens (tertiary/aromatic N) is 7. The maximum absolute atomic E-state index is 11.2. The predicted octanol–water partition coefficient (Wildman–Crippen LogP) is 1.39. The monoisotopic (exact) mass is 425 g/mol. The molecule has 0 bridgehead atoms. The van der Waals surface area contributed by atoms with E-state index in [-0.39, 0.29) is 6.10 Å². The van der Waals surface area contributed by atoms with Crippen LogP contribution >= 0.6 is 0 Å². The van der Waals surface area contributed by atoms with Crippen molar-refractivity contribution in [2.45, 2.75) is 12.5 Å². The van der Waals surface area contributed by atoms with Crippen LogP contribution in [0.15, 0.2) is 24.7 Å². The number of hydrogen-bond acceptors (Lipinski definition) is 8. The van der Waals surface area contributed by atoms with Crippen molar-refractivity contribution >= 4 is 23.1 Å². The van der Waals surface area contributed by atoms with E-state index in [2.05, 4.69) is 19.9 Å². The first-order valence-corrected chi connectivity index (χ1v) is 10.2. The van der Waals surface area contributed by atoms with Gasteiger partial charge in [0.1, 0.15) is 24.1 Å². The highest BCUT2D eigenvalue weighted by molar-refractivity contribution is 5.81. The van der Waals surface area contributed by atoms with Crippen LogP contribution in [0.25, 0.3) is 22.6 Å². The van der Waals surface area contributed by atoms with Gasteiger partial charge in [0.25, 0.3) is 0 Å². The number of fused-ring (bicyclic) bond motifs is 1. The van der Waals surface area contributed by atoms with Gasteiger partial charge in [-0.25, -0.2) is 19.7 Å². The molecule has 5 rings (SSSR count). The maximum atomic E-state index is 11.2. The van der Waals surface area contributed by atoms with Gasteiger partial charge in [0, 0.05) is 44.9 Å². The summed E-state index contributed by atoms with van der Waals surface area (Å²) in [7, 11) is 1.89. The van der Waals surface area contributed by atoms with E-state index in [0.717, 1.165) is 24.5 Å². The number of imidazole rings is 1. The number of morpholine rings is 1. The fourth-order valence-electron chi connectivity index (χ4n) is 3.98. The minimum Gasteiger partial charge on any atom is -0.471 e. The topological polar surface area (TPSA) is 119 Å². The minimum absolute atomic E-state index is 0.255. The number of aromatic nitrogens is 5. The van der Waals surface area contributed by atoms with E-state index in [1.807, 2.05) is 29.9 Å². The number of carboxylic acid groups (broad SMARTS) is 1. The Morgan fingerprint density at radius 2 is 2.03 bits per heavy atom. The molecule has 0 spiro atoms. The maximum Gasteiger partial charge on any atom is 0.407 e. The third-order valence-corrected chi connectivity index (χ3v) is 5.66. The Balaban J connectivity index is 1.41. The van der Waals surface area contributed by atoms with Gasteiger partial charge in [-0.1, -0.05) is 0 Å². The normalized spacial score (nSPS) is 19.2. The minimum atomic E-state index is -0.938. The SMILES string of the molecule is Cn1c(-c2ccc(N3CCOCC3)nc2)nc2c(O[C@H]3CCN(C(=O)O)C3)ncnc21.